The van der Waals surface area contributed by atoms with E-state index in [4.69, 9.17) is 4.74 Å². The van der Waals surface area contributed by atoms with Gasteiger partial charge in [0.05, 0.1) is 12.6 Å². The van der Waals surface area contributed by atoms with Gasteiger partial charge in [0, 0.05) is 19.6 Å². The van der Waals surface area contributed by atoms with Gasteiger partial charge in [-0.2, -0.15) is 0 Å². The number of rotatable bonds is 4. The summed E-state index contributed by atoms with van der Waals surface area (Å²) in [5.41, 5.74) is 1.19. The number of carbonyl (C=O) groups excluding carboxylic acids is 1. The monoisotopic (exact) mass is 259 g/mol. The summed E-state index contributed by atoms with van der Waals surface area (Å²) in [6.45, 7) is 0.582. The highest BCUT2D eigenvalue weighted by molar-refractivity contribution is 5.80. The Labute approximate surface area is 114 Å². The fourth-order valence-electron chi connectivity index (χ4n) is 3.71. The summed E-state index contributed by atoms with van der Waals surface area (Å²) in [6, 6.07) is 10.8. The Morgan fingerprint density at radius 2 is 2.11 bits per heavy atom. The van der Waals surface area contributed by atoms with Crippen molar-refractivity contribution in [2.45, 2.75) is 37.8 Å². The lowest BCUT2D eigenvalue weighted by molar-refractivity contribution is -0.132. The van der Waals surface area contributed by atoms with Crippen LogP contribution in [-0.2, 0) is 9.53 Å². The van der Waals surface area contributed by atoms with Crippen LogP contribution in [0.5, 0.6) is 0 Å². The van der Waals surface area contributed by atoms with E-state index in [0.717, 1.165) is 12.8 Å². The molecule has 2 aliphatic rings. The van der Waals surface area contributed by atoms with E-state index in [2.05, 4.69) is 17.0 Å². The largest absolute Gasteiger partial charge is 0.382 e. The van der Waals surface area contributed by atoms with Crippen molar-refractivity contribution < 1.29 is 9.53 Å². The molecule has 3 nitrogen and oxygen atoms in total. The van der Waals surface area contributed by atoms with Crippen molar-refractivity contribution in [3.05, 3.63) is 35.9 Å². The zero-order chi connectivity index (χ0) is 13.2. The number of benzene rings is 1. The third-order valence-corrected chi connectivity index (χ3v) is 4.55. The van der Waals surface area contributed by atoms with Gasteiger partial charge >= 0.3 is 0 Å². The van der Waals surface area contributed by atoms with Crippen LogP contribution in [0, 0.1) is 5.92 Å². The zero-order valence-corrected chi connectivity index (χ0v) is 11.4. The minimum Gasteiger partial charge on any atom is -0.382 e. The Hall–Kier alpha value is -1.35. The molecule has 0 aromatic heterocycles. The molecule has 0 unspecified atom stereocenters. The molecule has 3 heteroatoms. The number of methoxy groups -OCH3 is 1. The predicted molar refractivity (Wildman–Crippen MR) is 73.7 cm³/mol. The molecule has 0 radical (unpaired) electrons. The summed E-state index contributed by atoms with van der Waals surface area (Å²) < 4.78 is 5.37. The first-order chi connectivity index (χ1) is 9.31. The van der Waals surface area contributed by atoms with Crippen LogP contribution in [0.3, 0.4) is 0 Å². The Kier molecular flexibility index (Phi) is 3.56. The third kappa shape index (κ3) is 2.27. The van der Waals surface area contributed by atoms with E-state index >= 15 is 0 Å². The van der Waals surface area contributed by atoms with Crippen molar-refractivity contribution in [1.82, 2.24) is 4.90 Å². The Morgan fingerprint density at radius 3 is 2.84 bits per heavy atom. The SMILES string of the molecule is COC[C@@H](c1ccccc1)N1C(=O)C[C@H]2CCC[C@H]21. The van der Waals surface area contributed by atoms with Crippen LogP contribution in [0.15, 0.2) is 30.3 Å². The number of amides is 1. The Bertz CT molecular complexity index is 445. The van der Waals surface area contributed by atoms with Gasteiger partial charge in [-0.25, -0.2) is 0 Å². The molecule has 1 aromatic rings. The van der Waals surface area contributed by atoms with E-state index < -0.39 is 0 Å². The molecule has 3 rings (SSSR count). The lowest BCUT2D eigenvalue weighted by Gasteiger charge is -2.33. The third-order valence-electron chi connectivity index (χ3n) is 4.55. The second-order valence-electron chi connectivity index (χ2n) is 5.65. The molecule has 1 saturated heterocycles. The second kappa shape index (κ2) is 5.33. The molecule has 1 aliphatic heterocycles. The Balaban J connectivity index is 1.89. The van der Waals surface area contributed by atoms with Crippen molar-refractivity contribution in [3.63, 3.8) is 0 Å². The maximum Gasteiger partial charge on any atom is 0.223 e. The first kappa shape index (κ1) is 12.7. The van der Waals surface area contributed by atoms with Crippen molar-refractivity contribution in [3.8, 4) is 0 Å². The van der Waals surface area contributed by atoms with E-state index in [9.17, 15) is 4.79 Å². The predicted octanol–water partition coefficient (Wildman–Crippen LogP) is 2.78. The molecule has 102 valence electrons. The van der Waals surface area contributed by atoms with Gasteiger partial charge in [0.15, 0.2) is 0 Å². The Morgan fingerprint density at radius 1 is 1.32 bits per heavy atom. The first-order valence-electron chi connectivity index (χ1n) is 7.16. The molecule has 19 heavy (non-hydrogen) atoms. The number of nitrogens with zero attached hydrogens (tertiary/aromatic N) is 1. The van der Waals surface area contributed by atoms with Crippen molar-refractivity contribution in [1.29, 1.82) is 0 Å². The fourth-order valence-corrected chi connectivity index (χ4v) is 3.71. The lowest BCUT2D eigenvalue weighted by atomic mass is 10.0. The molecular formula is C16H21NO2. The zero-order valence-electron chi connectivity index (χ0n) is 11.4. The van der Waals surface area contributed by atoms with Crippen LogP contribution in [0.4, 0.5) is 0 Å². The number of likely N-dealkylation sites (tertiary alicyclic amines) is 1. The van der Waals surface area contributed by atoms with E-state index in [-0.39, 0.29) is 6.04 Å². The second-order valence-corrected chi connectivity index (χ2v) is 5.65. The van der Waals surface area contributed by atoms with Gasteiger partial charge in [-0.15, -0.1) is 0 Å². The molecule has 2 fully saturated rings. The van der Waals surface area contributed by atoms with Crippen LogP contribution in [0.2, 0.25) is 0 Å². The molecule has 0 bridgehead atoms. The van der Waals surface area contributed by atoms with E-state index in [0.29, 0.717) is 24.5 Å². The molecule has 1 aliphatic carbocycles. The summed E-state index contributed by atoms with van der Waals surface area (Å²) in [4.78, 5) is 14.5. The van der Waals surface area contributed by atoms with Crippen LogP contribution in [0.25, 0.3) is 0 Å². The summed E-state index contributed by atoms with van der Waals surface area (Å²) >= 11 is 0. The van der Waals surface area contributed by atoms with Crippen LogP contribution >= 0.6 is 0 Å². The highest BCUT2D eigenvalue weighted by atomic mass is 16.5. The van der Waals surface area contributed by atoms with Gasteiger partial charge in [-0.1, -0.05) is 36.8 Å². The summed E-state index contributed by atoms with van der Waals surface area (Å²) in [5.74, 6) is 0.885. The standard InChI is InChI=1S/C16H21NO2/c1-19-11-15(12-6-3-2-4-7-12)17-14-9-5-8-13(14)10-16(17)18/h2-4,6-7,13-15H,5,8-11H2,1H3/t13-,14-,15+/m1/s1. The first-order valence-corrected chi connectivity index (χ1v) is 7.16. The number of carbonyl (C=O) groups is 1. The van der Waals surface area contributed by atoms with E-state index in [1.165, 1.54) is 18.4 Å². The van der Waals surface area contributed by atoms with E-state index in [1.54, 1.807) is 7.11 Å². The molecule has 0 N–H and O–H groups in total. The van der Waals surface area contributed by atoms with Gasteiger partial charge in [-0.3, -0.25) is 4.79 Å². The molecule has 1 aromatic carbocycles. The summed E-state index contributed by atoms with van der Waals surface area (Å²) in [6.07, 6.45) is 4.36. The smallest absolute Gasteiger partial charge is 0.223 e. The average Bonchev–Trinajstić information content (AvgIpc) is 2.98. The van der Waals surface area contributed by atoms with Crippen LogP contribution < -0.4 is 0 Å². The summed E-state index contributed by atoms with van der Waals surface area (Å²) in [7, 11) is 1.71. The fraction of sp³-hybridized carbons (Fsp3) is 0.562. The number of ether oxygens (including phenoxy) is 1. The molecule has 1 heterocycles. The molecular weight excluding hydrogens is 238 g/mol. The summed E-state index contributed by atoms with van der Waals surface area (Å²) in [5, 5.41) is 0. The topological polar surface area (TPSA) is 29.5 Å². The van der Waals surface area contributed by atoms with Crippen molar-refractivity contribution >= 4 is 5.91 Å². The van der Waals surface area contributed by atoms with Gasteiger partial charge in [0.1, 0.15) is 0 Å². The van der Waals surface area contributed by atoms with Gasteiger partial charge < -0.3 is 9.64 Å². The normalized spacial score (nSPS) is 27.6. The van der Waals surface area contributed by atoms with E-state index in [1.807, 2.05) is 18.2 Å². The minimum atomic E-state index is 0.0757. The van der Waals surface area contributed by atoms with Gasteiger partial charge in [0.2, 0.25) is 5.91 Å². The van der Waals surface area contributed by atoms with Crippen LogP contribution in [0.1, 0.15) is 37.3 Å². The van der Waals surface area contributed by atoms with Gasteiger partial charge in [0.25, 0.3) is 0 Å². The highest BCUT2D eigenvalue weighted by Crippen LogP contribution is 2.42. The minimum absolute atomic E-state index is 0.0757. The van der Waals surface area contributed by atoms with Gasteiger partial charge in [-0.05, 0) is 24.3 Å². The maximum absolute atomic E-state index is 12.3. The highest BCUT2D eigenvalue weighted by Gasteiger charge is 2.45. The molecule has 3 atom stereocenters. The average molecular weight is 259 g/mol. The number of hydrogen-bond acceptors (Lipinski definition) is 2. The quantitative estimate of drug-likeness (QED) is 0.832. The molecule has 0 spiro atoms. The molecule has 1 amide bonds. The maximum atomic E-state index is 12.3. The van der Waals surface area contributed by atoms with Crippen LogP contribution in [-0.4, -0.2) is 30.6 Å². The molecule has 1 saturated carbocycles. The van der Waals surface area contributed by atoms with Crippen molar-refractivity contribution in [2.24, 2.45) is 5.92 Å². The van der Waals surface area contributed by atoms with Crippen molar-refractivity contribution in [2.75, 3.05) is 13.7 Å². The number of hydrogen-bond donors (Lipinski definition) is 0. The number of fused-ring (bicyclic) bond motifs is 1. The lowest BCUT2D eigenvalue weighted by Crippen LogP contribution is -2.39.